The second-order valence-electron chi connectivity index (χ2n) is 3.03. The van der Waals surface area contributed by atoms with Gasteiger partial charge in [0.05, 0.1) is 0 Å². The van der Waals surface area contributed by atoms with Crippen LogP contribution in [0.25, 0.3) is 0 Å². The molecule has 0 aliphatic carbocycles. The molecule has 0 saturated carbocycles. The van der Waals surface area contributed by atoms with Crippen LogP contribution in [0.3, 0.4) is 0 Å². The van der Waals surface area contributed by atoms with Crippen LogP contribution in [-0.4, -0.2) is 40.5 Å². The Kier molecular flexibility index (Phi) is 6.60. The average Bonchev–Trinajstić information content (AvgIpc) is 2.25. The van der Waals surface area contributed by atoms with Crippen LogP contribution in [0, 0.1) is 0 Å². The molecular weight excluding hydrogens is 437 g/mol. The molecule has 7 heteroatoms. The fourth-order valence-electron chi connectivity index (χ4n) is 1.27. The minimum atomic E-state index is -0.727. The van der Waals surface area contributed by atoms with E-state index in [1.165, 1.54) is 0 Å². The molecule has 78 valence electrons. The van der Waals surface area contributed by atoms with Crippen molar-refractivity contribution in [2.24, 2.45) is 0 Å². The molecule has 1 heterocycles. The predicted molar refractivity (Wildman–Crippen MR) is 75.9 cm³/mol. The van der Waals surface area contributed by atoms with Crippen LogP contribution in [0.15, 0.2) is 0 Å². The lowest BCUT2D eigenvalue weighted by Gasteiger charge is -2.23. The Labute approximate surface area is 111 Å². The minimum Gasteiger partial charge on any atom is -0.245 e. The monoisotopic (exact) mass is 448 g/mol. The first kappa shape index (κ1) is 13.1. The van der Waals surface area contributed by atoms with Gasteiger partial charge in [0.2, 0.25) is 0 Å². The highest BCUT2D eigenvalue weighted by Crippen LogP contribution is 2.29. The van der Waals surface area contributed by atoms with Crippen LogP contribution in [0.4, 0.5) is 4.39 Å². The summed E-state index contributed by atoms with van der Waals surface area (Å²) in [4.78, 5) is 0. The van der Waals surface area contributed by atoms with Crippen LogP contribution in [0.5, 0.6) is 0 Å². The summed E-state index contributed by atoms with van der Waals surface area (Å²) in [6.45, 7) is 4.17. The Morgan fingerprint density at radius 1 is 1.23 bits per heavy atom. The molecule has 2 atom stereocenters. The zero-order chi connectivity index (χ0) is 9.84. The van der Waals surface area contributed by atoms with Crippen molar-refractivity contribution in [3.05, 3.63) is 0 Å². The maximum Gasteiger partial charge on any atom is 0.127 e. The first-order valence-electron chi connectivity index (χ1n) is 3.90. The molecule has 1 aliphatic rings. The lowest BCUT2D eigenvalue weighted by Crippen LogP contribution is -2.31. The highest BCUT2D eigenvalue weighted by Gasteiger charge is 2.27. The number of rotatable bonds is 2. The van der Waals surface area contributed by atoms with Gasteiger partial charge in [-0.3, -0.25) is 0 Å². The van der Waals surface area contributed by atoms with E-state index in [0.717, 1.165) is 6.54 Å². The van der Waals surface area contributed by atoms with E-state index in [1.54, 1.807) is 18.2 Å². The molecule has 0 spiro atoms. The SMILES string of the molecule is CC1CN(SI)CC(F)CN1SI. The summed E-state index contributed by atoms with van der Waals surface area (Å²) in [5, 5.41) is 0. The second kappa shape index (κ2) is 6.56. The van der Waals surface area contributed by atoms with Crippen LogP contribution >= 0.6 is 60.6 Å². The summed E-state index contributed by atoms with van der Waals surface area (Å²) >= 11 is 4.43. The van der Waals surface area contributed by atoms with Gasteiger partial charge in [-0.15, -0.1) is 0 Å². The van der Waals surface area contributed by atoms with E-state index >= 15 is 0 Å². The zero-order valence-corrected chi connectivity index (χ0v) is 13.1. The van der Waals surface area contributed by atoms with Crippen molar-refractivity contribution in [1.29, 1.82) is 0 Å². The van der Waals surface area contributed by atoms with E-state index < -0.39 is 6.17 Å². The van der Waals surface area contributed by atoms with Crippen LogP contribution in [0.2, 0.25) is 0 Å². The van der Waals surface area contributed by atoms with Gasteiger partial charge in [0.15, 0.2) is 0 Å². The van der Waals surface area contributed by atoms with Crippen molar-refractivity contribution in [2.45, 2.75) is 19.1 Å². The molecular formula is C6H11FI2N2S2. The van der Waals surface area contributed by atoms with Crippen molar-refractivity contribution < 1.29 is 4.39 Å². The van der Waals surface area contributed by atoms with Crippen molar-refractivity contribution >= 4 is 60.6 Å². The summed E-state index contributed by atoms with van der Waals surface area (Å²) < 4.78 is 17.6. The lowest BCUT2D eigenvalue weighted by molar-refractivity contribution is 0.271. The summed E-state index contributed by atoms with van der Waals surface area (Å²) in [6, 6.07) is 0.421. The minimum absolute atomic E-state index is 0.421. The van der Waals surface area contributed by atoms with Gasteiger partial charge >= 0.3 is 0 Å². The largest absolute Gasteiger partial charge is 0.245 e. The van der Waals surface area contributed by atoms with E-state index in [1.807, 2.05) is 0 Å². The molecule has 2 unspecified atom stereocenters. The normalized spacial score (nSPS) is 33.2. The fraction of sp³-hybridized carbons (Fsp3) is 1.00. The van der Waals surface area contributed by atoms with Gasteiger partial charge in [-0.2, -0.15) is 0 Å². The Hall–Kier alpha value is 2.01. The molecule has 0 aromatic rings. The molecule has 1 saturated heterocycles. The third-order valence-corrected chi connectivity index (χ3v) is 6.29. The zero-order valence-electron chi connectivity index (χ0n) is 7.12. The van der Waals surface area contributed by atoms with E-state index in [0.29, 0.717) is 19.1 Å². The van der Waals surface area contributed by atoms with Crippen molar-refractivity contribution in [1.82, 2.24) is 8.61 Å². The molecule has 0 bridgehead atoms. The standard InChI is InChI=1S/C6H11FI2N2S2/c1-5-2-10(12-8)3-6(7)4-11(5)13-9/h5-6H,2-4H2,1H3. The van der Waals surface area contributed by atoms with Crippen molar-refractivity contribution in [3.8, 4) is 0 Å². The Morgan fingerprint density at radius 2 is 1.92 bits per heavy atom. The summed E-state index contributed by atoms with van der Waals surface area (Å²) in [5.74, 6) is 0. The molecule has 1 aliphatic heterocycles. The Balaban J connectivity index is 2.56. The first-order chi connectivity index (χ1) is 6.17. The fourth-order valence-corrected chi connectivity index (χ4v) is 4.79. The molecule has 0 aromatic carbocycles. The third-order valence-electron chi connectivity index (χ3n) is 1.93. The van der Waals surface area contributed by atoms with E-state index in [9.17, 15) is 4.39 Å². The van der Waals surface area contributed by atoms with Gasteiger partial charge in [-0.25, -0.2) is 13.0 Å². The molecule has 0 amide bonds. The molecule has 0 radical (unpaired) electrons. The average molecular weight is 448 g/mol. The maximum absolute atomic E-state index is 13.4. The van der Waals surface area contributed by atoms with Crippen LogP contribution in [0.1, 0.15) is 6.92 Å². The summed E-state index contributed by atoms with van der Waals surface area (Å²) in [7, 11) is 3.21. The number of nitrogens with zero attached hydrogens (tertiary/aromatic N) is 2. The molecule has 0 aromatic heterocycles. The van der Waals surface area contributed by atoms with E-state index in [-0.39, 0.29) is 0 Å². The van der Waals surface area contributed by atoms with Gasteiger partial charge in [-0.1, -0.05) is 0 Å². The van der Waals surface area contributed by atoms with Crippen molar-refractivity contribution in [2.75, 3.05) is 19.6 Å². The van der Waals surface area contributed by atoms with Crippen molar-refractivity contribution in [3.63, 3.8) is 0 Å². The highest BCUT2D eigenvalue weighted by molar-refractivity contribution is 14.2. The van der Waals surface area contributed by atoms with Gasteiger partial charge in [-0.05, 0) is 25.2 Å². The molecule has 1 rings (SSSR count). The second-order valence-corrected chi connectivity index (χ2v) is 6.66. The number of halogens is 3. The Bertz CT molecular complexity index is 166. The van der Waals surface area contributed by atoms with Gasteiger partial charge in [0, 0.05) is 68.1 Å². The van der Waals surface area contributed by atoms with Gasteiger partial charge in [0.25, 0.3) is 0 Å². The van der Waals surface area contributed by atoms with Crippen LogP contribution in [-0.2, 0) is 0 Å². The molecule has 0 N–H and O–H groups in total. The first-order valence-corrected chi connectivity index (χ1v) is 10.5. The quantitative estimate of drug-likeness (QED) is 0.473. The van der Waals surface area contributed by atoms with Gasteiger partial charge < -0.3 is 0 Å². The van der Waals surface area contributed by atoms with Gasteiger partial charge in [0.1, 0.15) is 6.17 Å². The third kappa shape index (κ3) is 4.17. The number of hydrogen-bond donors (Lipinski definition) is 0. The summed E-state index contributed by atoms with van der Waals surface area (Å²) in [6.07, 6.45) is -0.727. The molecule has 2 nitrogen and oxygen atoms in total. The lowest BCUT2D eigenvalue weighted by atomic mass is 10.3. The number of hydrogen-bond acceptors (Lipinski definition) is 4. The summed E-state index contributed by atoms with van der Waals surface area (Å²) in [5.41, 5.74) is 0. The van der Waals surface area contributed by atoms with E-state index in [2.05, 4.69) is 57.9 Å². The molecule has 1 fully saturated rings. The highest BCUT2D eigenvalue weighted by atomic mass is 127. The van der Waals surface area contributed by atoms with E-state index in [4.69, 9.17) is 0 Å². The number of alkyl halides is 1. The van der Waals surface area contributed by atoms with Crippen LogP contribution < -0.4 is 0 Å². The maximum atomic E-state index is 13.4. The predicted octanol–water partition coefficient (Wildman–Crippen LogP) is 3.33. The topological polar surface area (TPSA) is 6.48 Å². The Morgan fingerprint density at radius 3 is 2.46 bits per heavy atom. The molecule has 13 heavy (non-hydrogen) atoms. The smallest absolute Gasteiger partial charge is 0.127 e.